The van der Waals surface area contributed by atoms with Gasteiger partial charge in [0.2, 0.25) is 5.91 Å². The highest BCUT2D eigenvalue weighted by molar-refractivity contribution is 6.30. The monoisotopic (exact) mass is 352 g/mol. The number of likely N-dealkylation sites (N-methyl/N-ethyl adjacent to an activating group) is 1. The third kappa shape index (κ3) is 4.20. The van der Waals surface area contributed by atoms with E-state index in [0.717, 1.165) is 5.56 Å². The van der Waals surface area contributed by atoms with Crippen LogP contribution in [0, 0.1) is 0 Å². The van der Waals surface area contributed by atoms with Crippen LogP contribution in [0.4, 0.5) is 4.79 Å². The van der Waals surface area contributed by atoms with Gasteiger partial charge in [0.25, 0.3) is 0 Å². The number of halogens is 1. The lowest BCUT2D eigenvalue weighted by molar-refractivity contribution is -0.133. The summed E-state index contributed by atoms with van der Waals surface area (Å²) in [7, 11) is 3.39. The molecule has 1 aromatic rings. The van der Waals surface area contributed by atoms with E-state index in [0.29, 0.717) is 18.0 Å². The molecule has 2 rings (SSSR count). The Bertz CT molecular complexity index is 625. The molecule has 1 aliphatic rings. The van der Waals surface area contributed by atoms with Crippen LogP contribution in [-0.4, -0.2) is 54.1 Å². The Morgan fingerprint density at radius 1 is 1.29 bits per heavy atom. The van der Waals surface area contributed by atoms with Gasteiger partial charge in [-0.1, -0.05) is 23.7 Å². The summed E-state index contributed by atoms with van der Waals surface area (Å²) >= 11 is 6.10. The fourth-order valence-electron chi connectivity index (χ4n) is 2.97. The molecule has 2 amide bonds. The number of rotatable bonds is 2. The number of nitrogens with zero attached hydrogens (tertiary/aromatic N) is 2. The lowest BCUT2D eigenvalue weighted by atomic mass is 9.91. The smallest absolute Gasteiger partial charge is 0.410 e. The average molecular weight is 353 g/mol. The van der Waals surface area contributed by atoms with E-state index in [1.54, 1.807) is 25.1 Å². The van der Waals surface area contributed by atoms with E-state index in [4.69, 9.17) is 16.3 Å². The van der Waals surface area contributed by atoms with Crippen LogP contribution in [0.3, 0.4) is 0 Å². The van der Waals surface area contributed by atoms with Gasteiger partial charge in [0, 0.05) is 31.6 Å². The minimum Gasteiger partial charge on any atom is -0.444 e. The first-order chi connectivity index (χ1) is 11.1. The lowest BCUT2D eigenvalue weighted by Gasteiger charge is -2.31. The first-order valence-electron chi connectivity index (χ1n) is 8.06. The third-order valence-corrected chi connectivity index (χ3v) is 4.23. The van der Waals surface area contributed by atoms with E-state index in [2.05, 4.69) is 0 Å². The Morgan fingerprint density at radius 2 is 1.96 bits per heavy atom. The predicted molar refractivity (Wildman–Crippen MR) is 94.2 cm³/mol. The first kappa shape index (κ1) is 18.6. The fourth-order valence-corrected chi connectivity index (χ4v) is 3.17. The maximum Gasteiger partial charge on any atom is 0.410 e. The van der Waals surface area contributed by atoms with Crippen LogP contribution < -0.4 is 0 Å². The molecule has 2 atom stereocenters. The van der Waals surface area contributed by atoms with Gasteiger partial charge in [-0.2, -0.15) is 0 Å². The topological polar surface area (TPSA) is 49.9 Å². The van der Waals surface area contributed by atoms with Crippen LogP contribution >= 0.6 is 11.6 Å². The number of hydrogen-bond donors (Lipinski definition) is 0. The van der Waals surface area contributed by atoms with Gasteiger partial charge in [-0.05, 0) is 44.9 Å². The molecule has 24 heavy (non-hydrogen) atoms. The van der Waals surface area contributed by atoms with Crippen molar-refractivity contribution in [1.29, 1.82) is 0 Å². The Hall–Kier alpha value is -1.75. The summed E-state index contributed by atoms with van der Waals surface area (Å²) in [5.74, 6) is -0.200. The Balaban J connectivity index is 2.33. The number of carbonyl (C=O) groups is 2. The molecule has 1 saturated heterocycles. The van der Waals surface area contributed by atoms with Crippen molar-refractivity contribution in [1.82, 2.24) is 9.80 Å². The third-order valence-electron chi connectivity index (χ3n) is 4.00. The second-order valence-corrected chi connectivity index (χ2v) is 7.74. The van der Waals surface area contributed by atoms with Gasteiger partial charge in [-0.15, -0.1) is 0 Å². The van der Waals surface area contributed by atoms with Crippen LogP contribution in [-0.2, 0) is 9.53 Å². The van der Waals surface area contributed by atoms with E-state index in [1.807, 2.05) is 39.0 Å². The number of likely N-dealkylation sites (tertiary alicyclic amines) is 1. The molecule has 5 nitrogen and oxygen atoms in total. The molecule has 0 N–H and O–H groups in total. The summed E-state index contributed by atoms with van der Waals surface area (Å²) in [5.41, 5.74) is 0.366. The quantitative estimate of drug-likeness (QED) is 0.818. The maximum atomic E-state index is 12.7. The maximum absolute atomic E-state index is 12.7. The summed E-state index contributed by atoms with van der Waals surface area (Å²) in [6, 6.07) is 6.90. The molecule has 1 aromatic carbocycles. The summed E-state index contributed by atoms with van der Waals surface area (Å²) in [6.45, 7) is 5.94. The van der Waals surface area contributed by atoms with Crippen LogP contribution in [0.2, 0.25) is 5.02 Å². The molecule has 1 fully saturated rings. The Kier molecular flexibility index (Phi) is 5.43. The summed E-state index contributed by atoms with van der Waals surface area (Å²) in [6.07, 6.45) is 0.247. The Labute approximate surface area is 148 Å². The molecular weight excluding hydrogens is 328 g/mol. The van der Waals surface area contributed by atoms with Crippen molar-refractivity contribution in [2.24, 2.45) is 0 Å². The number of benzene rings is 1. The largest absolute Gasteiger partial charge is 0.444 e. The van der Waals surface area contributed by atoms with Crippen molar-refractivity contribution in [3.05, 3.63) is 34.9 Å². The zero-order chi connectivity index (χ0) is 18.1. The van der Waals surface area contributed by atoms with E-state index >= 15 is 0 Å². The molecule has 0 aromatic heterocycles. The molecule has 0 radical (unpaired) electrons. The highest BCUT2D eigenvalue weighted by atomic mass is 35.5. The van der Waals surface area contributed by atoms with Crippen LogP contribution in [0.15, 0.2) is 24.3 Å². The molecular formula is C18H25ClN2O3. The minimum atomic E-state index is -0.600. The van der Waals surface area contributed by atoms with E-state index in [1.165, 1.54) is 4.90 Å². The van der Waals surface area contributed by atoms with Crippen molar-refractivity contribution in [3.8, 4) is 0 Å². The molecule has 0 aliphatic carbocycles. The number of carbonyl (C=O) groups excluding carboxylic acids is 2. The van der Waals surface area contributed by atoms with Gasteiger partial charge in [-0.3, -0.25) is 9.69 Å². The van der Waals surface area contributed by atoms with Crippen molar-refractivity contribution >= 4 is 23.6 Å². The summed E-state index contributed by atoms with van der Waals surface area (Å²) < 4.78 is 5.48. The summed E-state index contributed by atoms with van der Waals surface area (Å²) in [4.78, 5) is 28.3. The molecule has 0 spiro atoms. The molecule has 132 valence electrons. The average Bonchev–Trinajstić information content (AvgIpc) is 2.89. The van der Waals surface area contributed by atoms with Gasteiger partial charge < -0.3 is 9.64 Å². The van der Waals surface area contributed by atoms with E-state index in [-0.39, 0.29) is 11.8 Å². The van der Waals surface area contributed by atoms with Crippen molar-refractivity contribution in [2.75, 3.05) is 20.6 Å². The zero-order valence-corrected chi connectivity index (χ0v) is 15.6. The second kappa shape index (κ2) is 7.01. The molecule has 1 heterocycles. The molecule has 6 heteroatoms. The molecule has 0 saturated carbocycles. The van der Waals surface area contributed by atoms with Gasteiger partial charge in [-0.25, -0.2) is 4.79 Å². The van der Waals surface area contributed by atoms with Crippen LogP contribution in [0.5, 0.6) is 0 Å². The van der Waals surface area contributed by atoms with Gasteiger partial charge >= 0.3 is 6.09 Å². The van der Waals surface area contributed by atoms with Gasteiger partial charge in [0.15, 0.2) is 0 Å². The molecule has 2 unspecified atom stereocenters. The standard InChI is InChI=1S/C18H25ClN2O3/c1-18(2,3)24-17(23)21-10-9-14(15(21)16(22)20(4)5)12-7-6-8-13(19)11-12/h6-8,11,14-15H,9-10H2,1-5H3. The highest BCUT2D eigenvalue weighted by Gasteiger charge is 2.44. The molecule has 0 bridgehead atoms. The van der Waals surface area contributed by atoms with Gasteiger partial charge in [0.1, 0.15) is 11.6 Å². The van der Waals surface area contributed by atoms with E-state index < -0.39 is 17.7 Å². The number of ether oxygens (including phenoxy) is 1. The summed E-state index contributed by atoms with van der Waals surface area (Å²) in [5, 5.41) is 0.624. The second-order valence-electron chi connectivity index (χ2n) is 7.30. The molecule has 1 aliphatic heterocycles. The van der Waals surface area contributed by atoms with E-state index in [9.17, 15) is 9.59 Å². The SMILES string of the molecule is CN(C)C(=O)C1C(c2cccc(Cl)c2)CCN1C(=O)OC(C)(C)C. The van der Waals surface area contributed by atoms with Crippen LogP contribution in [0.1, 0.15) is 38.7 Å². The zero-order valence-electron chi connectivity index (χ0n) is 14.9. The van der Waals surface area contributed by atoms with Crippen molar-refractivity contribution < 1.29 is 14.3 Å². The normalized spacial score (nSPS) is 20.8. The minimum absolute atomic E-state index is 0.0916. The van der Waals surface area contributed by atoms with Crippen LogP contribution in [0.25, 0.3) is 0 Å². The van der Waals surface area contributed by atoms with Crippen molar-refractivity contribution in [2.45, 2.75) is 44.8 Å². The predicted octanol–water partition coefficient (Wildman–Crippen LogP) is 3.52. The van der Waals surface area contributed by atoms with Crippen molar-refractivity contribution in [3.63, 3.8) is 0 Å². The number of hydrogen-bond acceptors (Lipinski definition) is 3. The fraction of sp³-hybridized carbons (Fsp3) is 0.556. The van der Waals surface area contributed by atoms with Gasteiger partial charge in [0.05, 0.1) is 0 Å². The lowest BCUT2D eigenvalue weighted by Crippen LogP contribution is -2.49. The number of amides is 2. The first-order valence-corrected chi connectivity index (χ1v) is 8.44. The highest BCUT2D eigenvalue weighted by Crippen LogP contribution is 2.36. The Morgan fingerprint density at radius 3 is 2.50 bits per heavy atom.